The molecule has 6 heteroatoms. The number of rotatable bonds is 3. The van der Waals surface area contributed by atoms with Crippen molar-refractivity contribution in [2.24, 2.45) is 0 Å². The van der Waals surface area contributed by atoms with Gasteiger partial charge in [0, 0.05) is 11.3 Å². The topological polar surface area (TPSA) is 93.4 Å². The van der Waals surface area contributed by atoms with E-state index < -0.39 is 0 Å². The fraction of sp³-hybridized carbons (Fsp3) is 0.0667. The molecule has 0 fully saturated rings. The number of nitrogens with zero attached hydrogens (tertiary/aromatic N) is 5. The summed E-state index contributed by atoms with van der Waals surface area (Å²) in [6.45, 7) is 0.508. The van der Waals surface area contributed by atoms with Crippen molar-refractivity contribution < 1.29 is 0 Å². The maximum absolute atomic E-state index is 8.77. The molecule has 0 saturated heterocycles. The van der Waals surface area contributed by atoms with Gasteiger partial charge in [-0.25, -0.2) is 0 Å². The number of tetrazole rings is 1. The molecule has 0 spiro atoms. The van der Waals surface area contributed by atoms with Gasteiger partial charge in [0.1, 0.15) is 0 Å². The molecule has 0 amide bonds. The number of benzene rings is 2. The molecule has 0 aliphatic rings. The van der Waals surface area contributed by atoms with Crippen molar-refractivity contribution in [3.63, 3.8) is 0 Å². The van der Waals surface area contributed by atoms with Gasteiger partial charge in [-0.3, -0.25) is 0 Å². The second-order valence-corrected chi connectivity index (χ2v) is 4.57. The molecular weight excluding hydrogens is 264 g/mol. The fourth-order valence-electron chi connectivity index (χ4n) is 1.91. The van der Waals surface area contributed by atoms with E-state index >= 15 is 0 Å². The summed E-state index contributed by atoms with van der Waals surface area (Å²) in [5.41, 5.74) is 8.86. The SMILES string of the molecule is N#Cc1ccc(Cn2nnc(-c3ccc(N)cc3)n2)cc1. The lowest BCUT2D eigenvalue weighted by Gasteiger charge is -1.99. The first-order chi connectivity index (χ1) is 10.2. The first-order valence-corrected chi connectivity index (χ1v) is 6.37. The molecule has 0 unspecified atom stereocenters. The normalized spacial score (nSPS) is 10.2. The molecule has 102 valence electrons. The first kappa shape index (κ1) is 12.8. The summed E-state index contributed by atoms with van der Waals surface area (Å²) in [6, 6.07) is 16.7. The molecule has 6 nitrogen and oxygen atoms in total. The maximum atomic E-state index is 8.77. The van der Waals surface area contributed by atoms with Crippen LogP contribution in [0.25, 0.3) is 11.4 Å². The zero-order valence-electron chi connectivity index (χ0n) is 11.1. The van der Waals surface area contributed by atoms with Gasteiger partial charge in [-0.1, -0.05) is 12.1 Å². The molecule has 1 heterocycles. The molecule has 0 bridgehead atoms. The number of nitrogen functional groups attached to an aromatic ring is 1. The van der Waals surface area contributed by atoms with Crippen LogP contribution in [0.15, 0.2) is 48.5 Å². The summed E-state index contributed by atoms with van der Waals surface area (Å²) < 4.78 is 0. The Kier molecular flexibility index (Phi) is 3.31. The lowest BCUT2D eigenvalue weighted by atomic mass is 10.1. The maximum Gasteiger partial charge on any atom is 0.204 e. The third kappa shape index (κ3) is 2.87. The van der Waals surface area contributed by atoms with Gasteiger partial charge in [-0.2, -0.15) is 10.1 Å². The van der Waals surface area contributed by atoms with Crippen molar-refractivity contribution in [1.29, 1.82) is 5.26 Å². The molecule has 3 aromatic rings. The summed E-state index contributed by atoms with van der Waals surface area (Å²) in [5, 5.41) is 21.2. The molecule has 0 atom stereocenters. The van der Waals surface area contributed by atoms with E-state index in [0.717, 1.165) is 11.1 Å². The highest BCUT2D eigenvalue weighted by Crippen LogP contribution is 2.15. The van der Waals surface area contributed by atoms with Crippen LogP contribution in [-0.4, -0.2) is 20.2 Å². The Bertz CT molecular complexity index is 780. The van der Waals surface area contributed by atoms with E-state index in [1.807, 2.05) is 24.3 Å². The Morgan fingerprint density at radius 2 is 1.76 bits per heavy atom. The average Bonchev–Trinajstić information content (AvgIpc) is 2.97. The van der Waals surface area contributed by atoms with Crippen LogP contribution >= 0.6 is 0 Å². The Morgan fingerprint density at radius 3 is 2.43 bits per heavy atom. The van der Waals surface area contributed by atoms with E-state index in [-0.39, 0.29) is 0 Å². The molecule has 1 aromatic heterocycles. The van der Waals surface area contributed by atoms with E-state index in [0.29, 0.717) is 23.6 Å². The minimum absolute atomic E-state index is 0.508. The standard InChI is InChI=1S/C15H12N6/c16-9-11-1-3-12(4-2-11)10-21-19-15(18-20-21)13-5-7-14(17)8-6-13/h1-8H,10,17H2. The van der Waals surface area contributed by atoms with Gasteiger partial charge in [0.05, 0.1) is 18.2 Å². The lowest BCUT2D eigenvalue weighted by molar-refractivity contribution is 0.573. The van der Waals surface area contributed by atoms with Crippen LogP contribution in [0.4, 0.5) is 5.69 Å². The van der Waals surface area contributed by atoms with Crippen LogP contribution in [0.3, 0.4) is 0 Å². The van der Waals surface area contributed by atoms with Gasteiger partial charge in [0.15, 0.2) is 0 Å². The summed E-state index contributed by atoms with van der Waals surface area (Å²) >= 11 is 0. The third-order valence-corrected chi connectivity index (χ3v) is 3.03. The molecule has 0 radical (unpaired) electrons. The highest BCUT2D eigenvalue weighted by molar-refractivity contribution is 5.57. The van der Waals surface area contributed by atoms with E-state index in [4.69, 9.17) is 11.0 Å². The summed E-state index contributed by atoms with van der Waals surface area (Å²) in [6.07, 6.45) is 0. The van der Waals surface area contributed by atoms with Crippen molar-refractivity contribution >= 4 is 5.69 Å². The molecule has 2 aromatic carbocycles. The third-order valence-electron chi connectivity index (χ3n) is 3.03. The Hall–Kier alpha value is -3.20. The fourth-order valence-corrected chi connectivity index (χ4v) is 1.91. The smallest absolute Gasteiger partial charge is 0.204 e. The summed E-state index contributed by atoms with van der Waals surface area (Å²) in [4.78, 5) is 1.52. The average molecular weight is 276 g/mol. The predicted molar refractivity (Wildman–Crippen MR) is 77.9 cm³/mol. The molecule has 0 aliphatic heterocycles. The van der Waals surface area contributed by atoms with Crippen LogP contribution in [0.2, 0.25) is 0 Å². The quantitative estimate of drug-likeness (QED) is 0.737. The van der Waals surface area contributed by atoms with Crippen molar-refractivity contribution in [2.45, 2.75) is 6.54 Å². The molecular formula is C15H12N6. The number of nitriles is 1. The zero-order valence-corrected chi connectivity index (χ0v) is 11.1. The Balaban J connectivity index is 1.78. The van der Waals surface area contributed by atoms with Gasteiger partial charge >= 0.3 is 0 Å². The van der Waals surface area contributed by atoms with E-state index in [1.54, 1.807) is 24.3 Å². The Morgan fingerprint density at radius 1 is 1.05 bits per heavy atom. The molecule has 0 saturated carbocycles. The lowest BCUT2D eigenvalue weighted by Crippen LogP contribution is -2.03. The van der Waals surface area contributed by atoms with E-state index in [2.05, 4.69) is 21.5 Å². The monoisotopic (exact) mass is 276 g/mol. The van der Waals surface area contributed by atoms with Gasteiger partial charge in [0.25, 0.3) is 0 Å². The number of nitrogens with two attached hydrogens (primary N) is 1. The molecule has 3 rings (SSSR count). The minimum Gasteiger partial charge on any atom is -0.399 e. The zero-order chi connectivity index (χ0) is 14.7. The molecule has 21 heavy (non-hydrogen) atoms. The van der Waals surface area contributed by atoms with Gasteiger partial charge < -0.3 is 5.73 Å². The van der Waals surface area contributed by atoms with Crippen LogP contribution in [0.1, 0.15) is 11.1 Å². The van der Waals surface area contributed by atoms with Gasteiger partial charge in [-0.15, -0.1) is 10.2 Å². The number of anilines is 1. The second-order valence-electron chi connectivity index (χ2n) is 4.57. The van der Waals surface area contributed by atoms with Gasteiger partial charge in [0.2, 0.25) is 5.82 Å². The minimum atomic E-state index is 0.508. The predicted octanol–water partition coefficient (Wildman–Crippen LogP) is 1.84. The van der Waals surface area contributed by atoms with Crippen LogP contribution in [-0.2, 0) is 6.54 Å². The number of hydrogen-bond acceptors (Lipinski definition) is 5. The van der Waals surface area contributed by atoms with Gasteiger partial charge in [-0.05, 0) is 47.2 Å². The highest BCUT2D eigenvalue weighted by atomic mass is 15.6. The van der Waals surface area contributed by atoms with Crippen LogP contribution in [0.5, 0.6) is 0 Å². The number of aromatic nitrogens is 4. The van der Waals surface area contributed by atoms with E-state index in [1.165, 1.54) is 4.80 Å². The van der Waals surface area contributed by atoms with Crippen molar-refractivity contribution in [3.8, 4) is 17.5 Å². The molecule has 0 aliphatic carbocycles. The largest absolute Gasteiger partial charge is 0.399 e. The number of hydrogen-bond donors (Lipinski definition) is 1. The van der Waals surface area contributed by atoms with E-state index in [9.17, 15) is 0 Å². The summed E-state index contributed by atoms with van der Waals surface area (Å²) in [7, 11) is 0. The van der Waals surface area contributed by atoms with Crippen molar-refractivity contribution in [1.82, 2.24) is 20.2 Å². The summed E-state index contributed by atoms with van der Waals surface area (Å²) in [5.74, 6) is 0.559. The molecule has 2 N–H and O–H groups in total. The highest BCUT2D eigenvalue weighted by Gasteiger charge is 2.06. The first-order valence-electron chi connectivity index (χ1n) is 6.37. The van der Waals surface area contributed by atoms with Crippen molar-refractivity contribution in [2.75, 3.05) is 5.73 Å². The van der Waals surface area contributed by atoms with Crippen LogP contribution < -0.4 is 5.73 Å². The Labute approximate surface area is 121 Å². The van der Waals surface area contributed by atoms with Crippen molar-refractivity contribution in [3.05, 3.63) is 59.7 Å². The van der Waals surface area contributed by atoms with Crippen LogP contribution in [0, 0.1) is 11.3 Å². The second kappa shape index (κ2) is 5.43.